The van der Waals surface area contributed by atoms with Crippen molar-refractivity contribution in [1.29, 1.82) is 0 Å². The Labute approximate surface area is 128 Å². The standard InChI is InChI=1S/C17H28N4/c1-15(13-19-17(2,3)4)14-20-9-11-21(12-10-20)16-7-5-6-8-18-16/h5-8,19H,1,9-14H2,2-4H3. The van der Waals surface area contributed by atoms with Crippen LogP contribution >= 0.6 is 0 Å². The first kappa shape index (κ1) is 16.0. The summed E-state index contributed by atoms with van der Waals surface area (Å²) < 4.78 is 0. The van der Waals surface area contributed by atoms with Gasteiger partial charge in [-0.25, -0.2) is 4.98 Å². The highest BCUT2D eigenvalue weighted by molar-refractivity contribution is 5.38. The van der Waals surface area contributed by atoms with E-state index in [9.17, 15) is 0 Å². The molecule has 0 amide bonds. The van der Waals surface area contributed by atoms with E-state index in [1.165, 1.54) is 5.57 Å². The van der Waals surface area contributed by atoms with Gasteiger partial charge in [-0.15, -0.1) is 0 Å². The van der Waals surface area contributed by atoms with Gasteiger partial charge in [0.2, 0.25) is 0 Å². The molecule has 1 N–H and O–H groups in total. The number of aromatic nitrogens is 1. The Morgan fingerprint density at radius 1 is 1.24 bits per heavy atom. The molecule has 0 saturated carbocycles. The molecule has 0 spiro atoms. The smallest absolute Gasteiger partial charge is 0.128 e. The van der Waals surface area contributed by atoms with Crippen LogP contribution in [-0.4, -0.2) is 54.7 Å². The molecule has 116 valence electrons. The highest BCUT2D eigenvalue weighted by Crippen LogP contribution is 2.13. The second-order valence-corrected chi connectivity index (χ2v) is 6.80. The predicted molar refractivity (Wildman–Crippen MR) is 89.8 cm³/mol. The molecule has 4 nitrogen and oxygen atoms in total. The van der Waals surface area contributed by atoms with Crippen LogP contribution in [0.2, 0.25) is 0 Å². The summed E-state index contributed by atoms with van der Waals surface area (Å²) in [6.07, 6.45) is 1.86. The summed E-state index contributed by atoms with van der Waals surface area (Å²) in [6, 6.07) is 6.10. The van der Waals surface area contributed by atoms with E-state index in [4.69, 9.17) is 0 Å². The maximum Gasteiger partial charge on any atom is 0.128 e. The van der Waals surface area contributed by atoms with Crippen molar-refractivity contribution in [2.45, 2.75) is 26.3 Å². The molecule has 1 aromatic heterocycles. The molecular formula is C17H28N4. The topological polar surface area (TPSA) is 31.4 Å². The van der Waals surface area contributed by atoms with Crippen LogP contribution in [-0.2, 0) is 0 Å². The molecule has 4 heteroatoms. The van der Waals surface area contributed by atoms with Crippen molar-refractivity contribution in [2.24, 2.45) is 0 Å². The number of pyridine rings is 1. The van der Waals surface area contributed by atoms with Crippen LogP contribution in [0.15, 0.2) is 36.5 Å². The van der Waals surface area contributed by atoms with E-state index >= 15 is 0 Å². The molecule has 0 aromatic carbocycles. The van der Waals surface area contributed by atoms with Crippen molar-refractivity contribution in [3.63, 3.8) is 0 Å². The van der Waals surface area contributed by atoms with Crippen LogP contribution in [0, 0.1) is 0 Å². The molecule has 2 rings (SSSR count). The second kappa shape index (κ2) is 7.05. The SMILES string of the molecule is C=C(CNC(C)(C)C)CN1CCN(c2ccccn2)CC1. The van der Waals surface area contributed by atoms with E-state index in [0.29, 0.717) is 0 Å². The van der Waals surface area contributed by atoms with Crippen molar-refractivity contribution in [1.82, 2.24) is 15.2 Å². The van der Waals surface area contributed by atoms with E-state index in [1.54, 1.807) is 0 Å². The third-order valence-electron chi connectivity index (χ3n) is 3.66. The highest BCUT2D eigenvalue weighted by atomic mass is 15.3. The molecule has 1 saturated heterocycles. The molecule has 0 aliphatic carbocycles. The van der Waals surface area contributed by atoms with E-state index in [1.807, 2.05) is 12.3 Å². The number of hydrogen-bond donors (Lipinski definition) is 1. The first-order valence-corrected chi connectivity index (χ1v) is 7.74. The van der Waals surface area contributed by atoms with Gasteiger partial charge < -0.3 is 10.2 Å². The van der Waals surface area contributed by atoms with Gasteiger partial charge in [-0.05, 0) is 38.5 Å². The Balaban J connectivity index is 1.73. The molecule has 1 aliphatic heterocycles. The van der Waals surface area contributed by atoms with Gasteiger partial charge in [-0.1, -0.05) is 12.6 Å². The third kappa shape index (κ3) is 5.48. The van der Waals surface area contributed by atoms with Crippen LogP contribution in [0.3, 0.4) is 0 Å². The van der Waals surface area contributed by atoms with Gasteiger partial charge in [0, 0.05) is 51.0 Å². The lowest BCUT2D eigenvalue weighted by atomic mass is 10.1. The minimum atomic E-state index is 0.153. The fourth-order valence-electron chi connectivity index (χ4n) is 2.44. The quantitative estimate of drug-likeness (QED) is 0.841. The summed E-state index contributed by atoms with van der Waals surface area (Å²) in [5.41, 5.74) is 1.41. The van der Waals surface area contributed by atoms with Gasteiger partial charge in [0.05, 0.1) is 0 Å². The molecule has 1 aliphatic rings. The molecule has 0 bridgehead atoms. The number of rotatable bonds is 5. The normalized spacial score (nSPS) is 17.0. The van der Waals surface area contributed by atoms with E-state index in [2.05, 4.69) is 59.6 Å². The average molecular weight is 288 g/mol. The Bertz CT molecular complexity index is 442. The van der Waals surface area contributed by atoms with Crippen LogP contribution < -0.4 is 10.2 Å². The summed E-state index contributed by atoms with van der Waals surface area (Å²) in [5, 5.41) is 3.50. The number of nitrogens with one attached hydrogen (secondary N) is 1. The Kier molecular flexibility index (Phi) is 5.37. The van der Waals surface area contributed by atoms with Crippen molar-refractivity contribution in [3.05, 3.63) is 36.5 Å². The molecule has 1 aromatic rings. The first-order chi connectivity index (χ1) is 9.94. The summed E-state index contributed by atoms with van der Waals surface area (Å²) in [7, 11) is 0. The fourth-order valence-corrected chi connectivity index (χ4v) is 2.44. The van der Waals surface area contributed by atoms with E-state index in [0.717, 1.165) is 45.1 Å². The third-order valence-corrected chi connectivity index (χ3v) is 3.66. The fraction of sp³-hybridized carbons (Fsp3) is 0.588. The lowest BCUT2D eigenvalue weighted by Gasteiger charge is -2.36. The van der Waals surface area contributed by atoms with E-state index < -0.39 is 0 Å². The van der Waals surface area contributed by atoms with Crippen molar-refractivity contribution >= 4 is 5.82 Å². The van der Waals surface area contributed by atoms with Gasteiger partial charge in [-0.2, -0.15) is 0 Å². The molecule has 2 heterocycles. The number of hydrogen-bond acceptors (Lipinski definition) is 4. The van der Waals surface area contributed by atoms with Crippen molar-refractivity contribution in [2.75, 3.05) is 44.2 Å². The summed E-state index contributed by atoms with van der Waals surface area (Å²) in [4.78, 5) is 9.26. The van der Waals surface area contributed by atoms with Gasteiger partial charge in [0.1, 0.15) is 5.82 Å². The van der Waals surface area contributed by atoms with Crippen LogP contribution in [0.25, 0.3) is 0 Å². The highest BCUT2D eigenvalue weighted by Gasteiger charge is 2.18. The maximum atomic E-state index is 4.42. The number of nitrogens with zero attached hydrogens (tertiary/aromatic N) is 3. The minimum absolute atomic E-state index is 0.153. The summed E-state index contributed by atoms with van der Waals surface area (Å²) in [6.45, 7) is 16.9. The van der Waals surface area contributed by atoms with Crippen molar-refractivity contribution < 1.29 is 0 Å². The largest absolute Gasteiger partial charge is 0.354 e. The number of anilines is 1. The van der Waals surface area contributed by atoms with Gasteiger partial charge in [0.25, 0.3) is 0 Å². The predicted octanol–water partition coefficient (Wildman–Crippen LogP) is 2.15. The Morgan fingerprint density at radius 2 is 1.95 bits per heavy atom. The Hall–Kier alpha value is -1.39. The number of piperazine rings is 1. The zero-order valence-corrected chi connectivity index (χ0v) is 13.6. The molecule has 0 unspecified atom stereocenters. The monoisotopic (exact) mass is 288 g/mol. The summed E-state index contributed by atoms with van der Waals surface area (Å²) >= 11 is 0. The zero-order valence-electron chi connectivity index (χ0n) is 13.6. The first-order valence-electron chi connectivity index (χ1n) is 7.74. The molecular weight excluding hydrogens is 260 g/mol. The second-order valence-electron chi connectivity index (χ2n) is 6.80. The Morgan fingerprint density at radius 3 is 2.52 bits per heavy atom. The molecule has 0 radical (unpaired) electrons. The van der Waals surface area contributed by atoms with Gasteiger partial charge >= 0.3 is 0 Å². The van der Waals surface area contributed by atoms with Crippen molar-refractivity contribution in [3.8, 4) is 0 Å². The molecule has 21 heavy (non-hydrogen) atoms. The zero-order chi connectivity index (χ0) is 15.3. The lowest BCUT2D eigenvalue weighted by molar-refractivity contribution is 0.274. The van der Waals surface area contributed by atoms with Crippen LogP contribution in [0.5, 0.6) is 0 Å². The molecule has 1 fully saturated rings. The van der Waals surface area contributed by atoms with Crippen LogP contribution in [0.1, 0.15) is 20.8 Å². The van der Waals surface area contributed by atoms with Crippen LogP contribution in [0.4, 0.5) is 5.82 Å². The van der Waals surface area contributed by atoms with Gasteiger partial charge in [-0.3, -0.25) is 4.90 Å². The van der Waals surface area contributed by atoms with E-state index in [-0.39, 0.29) is 5.54 Å². The van der Waals surface area contributed by atoms with Gasteiger partial charge in [0.15, 0.2) is 0 Å². The lowest BCUT2D eigenvalue weighted by Crippen LogP contribution is -2.48. The summed E-state index contributed by atoms with van der Waals surface area (Å²) in [5.74, 6) is 1.09. The minimum Gasteiger partial charge on any atom is -0.354 e. The molecule has 0 atom stereocenters. The maximum absolute atomic E-state index is 4.42. The average Bonchev–Trinajstić information content (AvgIpc) is 2.46.